The van der Waals surface area contributed by atoms with Crippen molar-refractivity contribution in [3.63, 3.8) is 0 Å². The number of amides is 2. The van der Waals surface area contributed by atoms with E-state index in [-0.39, 0.29) is 23.5 Å². The highest BCUT2D eigenvalue weighted by Crippen LogP contribution is 2.40. The molecule has 212 valence electrons. The maximum absolute atomic E-state index is 13.2. The average Bonchev–Trinajstić information content (AvgIpc) is 3.21. The van der Waals surface area contributed by atoms with E-state index < -0.39 is 52.3 Å². The smallest absolute Gasteiger partial charge is 0.419 e. The molecule has 1 N–H and O–H groups in total. The van der Waals surface area contributed by atoms with Gasteiger partial charge in [-0.3, -0.25) is 0 Å². The molecule has 1 aliphatic rings. The van der Waals surface area contributed by atoms with E-state index in [0.717, 1.165) is 23.2 Å². The van der Waals surface area contributed by atoms with Crippen LogP contribution in [-0.2, 0) is 17.8 Å². The molecule has 0 aliphatic carbocycles. The molecule has 0 fully saturated rings. The Hall–Kier alpha value is -3.87. The lowest BCUT2D eigenvalue weighted by molar-refractivity contribution is -0.142. The van der Waals surface area contributed by atoms with Gasteiger partial charge in [0.1, 0.15) is 5.75 Å². The Morgan fingerprint density at radius 3 is 2.17 bits per heavy atom. The van der Waals surface area contributed by atoms with Crippen molar-refractivity contribution in [3.8, 4) is 5.75 Å². The minimum absolute atomic E-state index is 0.127. The van der Waals surface area contributed by atoms with Crippen molar-refractivity contribution in [2.24, 2.45) is 5.10 Å². The van der Waals surface area contributed by atoms with Gasteiger partial charge in [0.15, 0.2) is 0 Å². The summed E-state index contributed by atoms with van der Waals surface area (Å²) in [4.78, 5) is 13.1. The van der Waals surface area contributed by atoms with E-state index in [4.69, 9.17) is 11.6 Å². The van der Waals surface area contributed by atoms with Crippen LogP contribution in [0.5, 0.6) is 5.75 Å². The molecular formula is C26H18ClF8N3O2. The molecule has 3 aromatic carbocycles. The molecule has 1 heterocycles. The predicted octanol–water partition coefficient (Wildman–Crippen LogP) is 8.19. The van der Waals surface area contributed by atoms with E-state index in [1.165, 1.54) is 6.07 Å². The SMILES string of the molecule is CC1(c2ccccc2)CN(C(=O)Nc2ccc(C(F)(F)F)c(OC(F)F)c2)N=C1c1ccc(C(F)(F)F)c(Cl)c1. The standard InChI is InChI=1S/C26H18ClF8N3O2/c1-24(15-5-3-2-4-6-15)13-38(37-21(24)14-7-9-17(19(27)11-14)25(30,31)32)23(39)36-16-8-10-18(26(33,34)35)20(12-16)40-22(28)29/h2-12,22H,13H2,1H3,(H,36,39). The van der Waals surface area contributed by atoms with Crippen LogP contribution in [0.15, 0.2) is 71.8 Å². The summed E-state index contributed by atoms with van der Waals surface area (Å²) < 4.78 is 109. The fourth-order valence-electron chi connectivity index (χ4n) is 4.28. The van der Waals surface area contributed by atoms with Gasteiger partial charge in [0.05, 0.1) is 33.8 Å². The van der Waals surface area contributed by atoms with Gasteiger partial charge in [0, 0.05) is 17.3 Å². The maximum Gasteiger partial charge on any atom is 0.419 e. The second-order valence-electron chi connectivity index (χ2n) is 8.91. The average molecular weight is 592 g/mol. The molecule has 1 unspecified atom stereocenters. The van der Waals surface area contributed by atoms with Crippen molar-refractivity contribution in [3.05, 3.63) is 94.0 Å². The highest BCUT2D eigenvalue weighted by Gasteiger charge is 2.44. The van der Waals surface area contributed by atoms with E-state index in [9.17, 15) is 39.9 Å². The van der Waals surface area contributed by atoms with Crippen LogP contribution in [0.2, 0.25) is 5.02 Å². The minimum Gasteiger partial charge on any atom is -0.434 e. The Kier molecular flexibility index (Phi) is 7.72. The van der Waals surface area contributed by atoms with Crippen LogP contribution in [0, 0.1) is 0 Å². The third-order valence-corrected chi connectivity index (χ3v) is 6.47. The molecule has 4 rings (SSSR count). The summed E-state index contributed by atoms with van der Waals surface area (Å²) in [5, 5.41) is 6.95. The van der Waals surface area contributed by atoms with Crippen LogP contribution < -0.4 is 10.1 Å². The summed E-state index contributed by atoms with van der Waals surface area (Å²) in [6.45, 7) is -1.98. The van der Waals surface area contributed by atoms with Crippen molar-refractivity contribution >= 4 is 29.0 Å². The number of hydrogen-bond acceptors (Lipinski definition) is 3. The fourth-order valence-corrected chi connectivity index (χ4v) is 4.56. The number of urea groups is 1. The monoisotopic (exact) mass is 591 g/mol. The molecule has 0 bridgehead atoms. The molecule has 40 heavy (non-hydrogen) atoms. The van der Waals surface area contributed by atoms with Crippen LogP contribution >= 0.6 is 11.6 Å². The molecule has 5 nitrogen and oxygen atoms in total. The number of anilines is 1. The Morgan fingerprint density at radius 1 is 0.975 bits per heavy atom. The third-order valence-electron chi connectivity index (χ3n) is 6.16. The van der Waals surface area contributed by atoms with Gasteiger partial charge in [0.25, 0.3) is 0 Å². The van der Waals surface area contributed by atoms with Crippen molar-refractivity contribution in [2.75, 3.05) is 11.9 Å². The van der Waals surface area contributed by atoms with Gasteiger partial charge < -0.3 is 10.1 Å². The summed E-state index contributed by atoms with van der Waals surface area (Å²) in [6.07, 6.45) is -9.70. The summed E-state index contributed by atoms with van der Waals surface area (Å²) in [7, 11) is 0. The third kappa shape index (κ3) is 5.98. The van der Waals surface area contributed by atoms with Crippen molar-refractivity contribution in [1.82, 2.24) is 5.01 Å². The lowest BCUT2D eigenvalue weighted by Crippen LogP contribution is -2.38. The zero-order chi connectivity index (χ0) is 29.5. The van der Waals surface area contributed by atoms with E-state index in [1.807, 2.05) is 0 Å². The number of carbonyl (C=O) groups excluding carboxylic acids is 1. The zero-order valence-electron chi connectivity index (χ0n) is 20.2. The topological polar surface area (TPSA) is 53.9 Å². The molecule has 0 saturated heterocycles. The number of ether oxygens (including phenoxy) is 1. The van der Waals surface area contributed by atoms with Crippen molar-refractivity contribution < 1.29 is 44.7 Å². The van der Waals surface area contributed by atoms with Crippen LogP contribution in [0.3, 0.4) is 0 Å². The number of benzene rings is 3. The van der Waals surface area contributed by atoms with Gasteiger partial charge in [-0.05, 0) is 36.8 Å². The van der Waals surface area contributed by atoms with E-state index in [0.29, 0.717) is 17.7 Å². The van der Waals surface area contributed by atoms with Crippen LogP contribution in [0.25, 0.3) is 0 Å². The highest BCUT2D eigenvalue weighted by molar-refractivity contribution is 6.32. The first kappa shape index (κ1) is 29.1. The number of halogens is 9. The first-order valence-corrected chi connectivity index (χ1v) is 11.7. The minimum atomic E-state index is -5.00. The van der Waals surface area contributed by atoms with E-state index in [2.05, 4.69) is 15.2 Å². The number of nitrogens with zero attached hydrogens (tertiary/aromatic N) is 2. The summed E-state index contributed by atoms with van der Waals surface area (Å²) >= 11 is 5.92. The van der Waals surface area contributed by atoms with Crippen LogP contribution in [0.1, 0.15) is 29.2 Å². The molecular weight excluding hydrogens is 574 g/mol. The molecule has 2 amide bonds. The van der Waals surface area contributed by atoms with Crippen molar-refractivity contribution in [1.29, 1.82) is 0 Å². The molecule has 1 aliphatic heterocycles. The summed E-state index contributed by atoms with van der Waals surface area (Å²) in [6, 6.07) is 12.6. The molecule has 0 radical (unpaired) electrons. The Labute approximate surface area is 227 Å². The van der Waals surface area contributed by atoms with Crippen LogP contribution in [0.4, 0.5) is 45.6 Å². The lowest BCUT2D eigenvalue weighted by Gasteiger charge is -2.27. The lowest BCUT2D eigenvalue weighted by atomic mass is 9.76. The number of rotatable bonds is 5. The highest BCUT2D eigenvalue weighted by atomic mass is 35.5. The molecule has 0 saturated carbocycles. The Bertz CT molecular complexity index is 1440. The zero-order valence-corrected chi connectivity index (χ0v) is 21.0. The first-order chi connectivity index (χ1) is 18.6. The molecule has 1 atom stereocenters. The first-order valence-electron chi connectivity index (χ1n) is 11.4. The fraction of sp³-hybridized carbons (Fsp3) is 0.231. The Morgan fingerprint density at radius 2 is 1.60 bits per heavy atom. The number of nitrogens with one attached hydrogen (secondary N) is 1. The second kappa shape index (κ2) is 10.6. The van der Waals surface area contributed by atoms with Gasteiger partial charge in [-0.25, -0.2) is 9.80 Å². The van der Waals surface area contributed by atoms with Gasteiger partial charge in [-0.15, -0.1) is 0 Å². The predicted molar refractivity (Wildman–Crippen MR) is 131 cm³/mol. The number of alkyl halides is 8. The molecule has 14 heteroatoms. The normalized spacial score (nSPS) is 17.7. The van der Waals surface area contributed by atoms with E-state index >= 15 is 0 Å². The second-order valence-corrected chi connectivity index (χ2v) is 9.32. The largest absolute Gasteiger partial charge is 0.434 e. The van der Waals surface area contributed by atoms with E-state index in [1.54, 1.807) is 37.3 Å². The quantitative estimate of drug-likeness (QED) is 0.304. The molecule has 0 spiro atoms. The maximum atomic E-state index is 13.2. The number of carbonyl (C=O) groups is 1. The van der Waals surface area contributed by atoms with Crippen molar-refractivity contribution in [2.45, 2.75) is 31.3 Å². The van der Waals surface area contributed by atoms with Gasteiger partial charge in [-0.1, -0.05) is 48.0 Å². The summed E-state index contributed by atoms with van der Waals surface area (Å²) in [5.74, 6) is -1.19. The van der Waals surface area contributed by atoms with Gasteiger partial charge >= 0.3 is 25.0 Å². The molecule has 3 aromatic rings. The Balaban J connectivity index is 1.70. The summed E-state index contributed by atoms with van der Waals surface area (Å²) in [5.41, 5.74) is -2.83. The van der Waals surface area contributed by atoms with Gasteiger partial charge in [0.2, 0.25) is 0 Å². The van der Waals surface area contributed by atoms with Gasteiger partial charge in [-0.2, -0.15) is 40.2 Å². The molecule has 0 aromatic heterocycles. The van der Waals surface area contributed by atoms with Crippen LogP contribution in [-0.4, -0.2) is 29.9 Å². The number of hydrogen-bond donors (Lipinski definition) is 1. The number of hydrazone groups is 1.